The van der Waals surface area contributed by atoms with Crippen LogP contribution in [0.15, 0.2) is 93.7 Å². The molecule has 1 heterocycles. The topological polar surface area (TPSA) is 84.8 Å². The number of aryl methyl sites for hydroxylation is 1. The molecule has 3 aromatic carbocycles. The molecule has 3 aromatic rings. The van der Waals surface area contributed by atoms with Crippen LogP contribution >= 0.6 is 11.8 Å². The third-order valence-corrected chi connectivity index (χ3v) is 6.51. The number of thioether (sulfide) groups is 1. The predicted octanol–water partition coefficient (Wildman–Crippen LogP) is 4.65. The zero-order chi connectivity index (χ0) is 21.8. The number of aliphatic imine (C=N–C) groups is 1. The minimum absolute atomic E-state index is 0.0609. The van der Waals surface area contributed by atoms with E-state index in [1.54, 1.807) is 42.5 Å². The van der Waals surface area contributed by atoms with Crippen LogP contribution in [0.4, 0.5) is 5.69 Å². The lowest BCUT2D eigenvalue weighted by molar-refractivity contribution is -0.115. The van der Waals surface area contributed by atoms with Gasteiger partial charge in [-0.2, -0.15) is 8.42 Å². The fourth-order valence-corrected chi connectivity index (χ4v) is 4.57. The lowest BCUT2D eigenvalue weighted by atomic mass is 10.2. The maximum Gasteiger partial charge on any atom is 0.339 e. The molecule has 1 saturated heterocycles. The predicted molar refractivity (Wildman–Crippen MR) is 123 cm³/mol. The summed E-state index contributed by atoms with van der Waals surface area (Å²) < 4.78 is 30.7. The molecule has 4 rings (SSSR count). The van der Waals surface area contributed by atoms with Crippen LogP contribution in [0, 0.1) is 6.92 Å². The molecule has 0 radical (unpaired) electrons. The van der Waals surface area contributed by atoms with Gasteiger partial charge in [-0.25, -0.2) is 4.99 Å². The number of para-hydroxylation sites is 2. The van der Waals surface area contributed by atoms with Crippen molar-refractivity contribution in [2.45, 2.75) is 11.8 Å². The Bertz CT molecular complexity index is 1280. The van der Waals surface area contributed by atoms with E-state index < -0.39 is 10.1 Å². The lowest BCUT2D eigenvalue weighted by Gasteiger charge is -2.10. The Hall–Kier alpha value is -3.36. The summed E-state index contributed by atoms with van der Waals surface area (Å²) in [6, 6.07) is 22.3. The largest absolute Gasteiger partial charge is 0.378 e. The molecule has 0 bridgehead atoms. The molecule has 0 unspecified atom stereocenters. The molecule has 0 aromatic heterocycles. The smallest absolute Gasteiger partial charge is 0.339 e. The van der Waals surface area contributed by atoms with Crippen LogP contribution in [0.5, 0.6) is 5.75 Å². The summed E-state index contributed by atoms with van der Waals surface area (Å²) in [4.78, 5) is 17.2. The van der Waals surface area contributed by atoms with Crippen LogP contribution in [-0.4, -0.2) is 19.5 Å². The minimum Gasteiger partial charge on any atom is -0.378 e. The first kappa shape index (κ1) is 20.9. The number of hydrogen-bond acceptors (Lipinski definition) is 6. The van der Waals surface area contributed by atoms with Gasteiger partial charge in [-0.05, 0) is 55.1 Å². The Morgan fingerprint density at radius 3 is 2.35 bits per heavy atom. The summed E-state index contributed by atoms with van der Waals surface area (Å²) >= 11 is 1.18. The van der Waals surface area contributed by atoms with Gasteiger partial charge in [-0.15, -0.1) is 0 Å². The van der Waals surface area contributed by atoms with Gasteiger partial charge in [0.25, 0.3) is 5.91 Å². The Labute approximate surface area is 184 Å². The number of carbonyl (C=O) groups is 1. The summed E-state index contributed by atoms with van der Waals surface area (Å²) in [5.41, 5.74) is 2.14. The van der Waals surface area contributed by atoms with Gasteiger partial charge in [0.2, 0.25) is 0 Å². The van der Waals surface area contributed by atoms with Gasteiger partial charge in [0.05, 0.1) is 10.6 Å². The van der Waals surface area contributed by atoms with Crippen molar-refractivity contribution < 1.29 is 17.4 Å². The van der Waals surface area contributed by atoms with Gasteiger partial charge in [-0.3, -0.25) is 4.79 Å². The van der Waals surface area contributed by atoms with Crippen molar-refractivity contribution in [1.29, 1.82) is 0 Å². The van der Waals surface area contributed by atoms with Gasteiger partial charge >= 0.3 is 10.1 Å². The van der Waals surface area contributed by atoms with Crippen molar-refractivity contribution in [2.24, 2.45) is 4.99 Å². The number of nitrogens with one attached hydrogen (secondary N) is 1. The van der Waals surface area contributed by atoms with Crippen molar-refractivity contribution in [3.63, 3.8) is 0 Å². The molecule has 1 fully saturated rings. The number of benzene rings is 3. The summed E-state index contributed by atoms with van der Waals surface area (Å²) in [5.74, 6) is -0.173. The highest BCUT2D eigenvalue weighted by atomic mass is 32.2. The minimum atomic E-state index is -4.01. The molecule has 1 amide bonds. The van der Waals surface area contributed by atoms with E-state index >= 15 is 0 Å². The molecule has 8 heteroatoms. The molecule has 156 valence electrons. The first-order chi connectivity index (χ1) is 14.9. The van der Waals surface area contributed by atoms with E-state index in [-0.39, 0.29) is 16.6 Å². The average molecular weight is 451 g/mol. The number of carbonyl (C=O) groups excluding carboxylic acids is 1. The molecule has 1 aliphatic heterocycles. The van der Waals surface area contributed by atoms with Crippen LogP contribution in [0.1, 0.15) is 11.1 Å². The quantitative estimate of drug-likeness (QED) is 0.452. The van der Waals surface area contributed by atoms with E-state index in [1.807, 2.05) is 37.3 Å². The second-order valence-corrected chi connectivity index (χ2v) is 9.28. The summed E-state index contributed by atoms with van der Waals surface area (Å²) in [5, 5.41) is 3.17. The first-order valence-electron chi connectivity index (χ1n) is 9.35. The molecule has 31 heavy (non-hydrogen) atoms. The summed E-state index contributed by atoms with van der Waals surface area (Å²) in [7, 11) is -4.01. The monoisotopic (exact) mass is 450 g/mol. The van der Waals surface area contributed by atoms with Gasteiger partial charge < -0.3 is 9.50 Å². The molecular weight excluding hydrogens is 432 g/mol. The van der Waals surface area contributed by atoms with Crippen LogP contribution in [-0.2, 0) is 14.9 Å². The Kier molecular flexibility index (Phi) is 5.92. The van der Waals surface area contributed by atoms with Crippen LogP contribution in [0.25, 0.3) is 6.08 Å². The second kappa shape index (κ2) is 8.79. The van der Waals surface area contributed by atoms with Crippen molar-refractivity contribution in [2.75, 3.05) is 0 Å². The highest BCUT2D eigenvalue weighted by Crippen LogP contribution is 2.31. The lowest BCUT2D eigenvalue weighted by Crippen LogP contribution is -2.19. The van der Waals surface area contributed by atoms with Crippen molar-refractivity contribution in [1.82, 2.24) is 5.32 Å². The van der Waals surface area contributed by atoms with E-state index in [1.165, 1.54) is 23.9 Å². The van der Waals surface area contributed by atoms with Crippen molar-refractivity contribution >= 4 is 44.7 Å². The van der Waals surface area contributed by atoms with Crippen LogP contribution < -0.4 is 9.50 Å². The third-order valence-electron chi connectivity index (χ3n) is 4.35. The molecule has 0 saturated carbocycles. The molecule has 0 spiro atoms. The summed E-state index contributed by atoms with van der Waals surface area (Å²) in [6.07, 6.45) is 1.59. The molecule has 0 atom stereocenters. The second-order valence-electron chi connectivity index (χ2n) is 6.71. The number of rotatable bonds is 5. The number of amides is 1. The Morgan fingerprint density at radius 2 is 1.61 bits per heavy atom. The molecule has 1 aliphatic rings. The maximum atomic E-state index is 12.7. The summed E-state index contributed by atoms with van der Waals surface area (Å²) in [6.45, 7) is 1.87. The molecular formula is C23H18N2O4S2. The zero-order valence-corrected chi connectivity index (χ0v) is 18.1. The standard InChI is InChI=1S/C23H18N2O4S2/c1-16-11-13-19(14-12-16)31(27,28)29-20-10-6-5-7-17(20)15-21-22(26)25-23(30-21)24-18-8-3-2-4-9-18/h2-15H,1H3,(H,24,25,26)/b21-15-. The van der Waals surface area contributed by atoms with E-state index in [0.29, 0.717) is 15.6 Å². The average Bonchev–Trinajstić information content (AvgIpc) is 3.09. The Morgan fingerprint density at radius 1 is 0.935 bits per heavy atom. The van der Waals surface area contributed by atoms with Gasteiger partial charge in [0.15, 0.2) is 5.17 Å². The van der Waals surface area contributed by atoms with Crippen LogP contribution in [0.3, 0.4) is 0 Å². The van der Waals surface area contributed by atoms with E-state index in [4.69, 9.17) is 4.18 Å². The molecule has 1 N–H and O–H groups in total. The molecule has 0 aliphatic carbocycles. The first-order valence-corrected chi connectivity index (χ1v) is 11.6. The van der Waals surface area contributed by atoms with E-state index in [9.17, 15) is 13.2 Å². The SMILES string of the molecule is Cc1ccc(S(=O)(=O)Oc2ccccc2/C=C2\SC(=Nc3ccccc3)NC2=O)cc1. The number of hydrogen-bond donors (Lipinski definition) is 1. The normalized spacial score (nSPS) is 16.5. The maximum absolute atomic E-state index is 12.7. The van der Waals surface area contributed by atoms with Gasteiger partial charge in [0.1, 0.15) is 10.6 Å². The van der Waals surface area contributed by atoms with E-state index in [2.05, 4.69) is 10.3 Å². The van der Waals surface area contributed by atoms with Crippen molar-refractivity contribution in [3.05, 3.63) is 94.9 Å². The van der Waals surface area contributed by atoms with Gasteiger partial charge in [0, 0.05) is 5.56 Å². The highest BCUT2D eigenvalue weighted by Gasteiger charge is 2.25. The van der Waals surface area contributed by atoms with Crippen molar-refractivity contribution in [3.8, 4) is 5.75 Å². The fraction of sp³-hybridized carbons (Fsp3) is 0.0435. The fourth-order valence-electron chi connectivity index (χ4n) is 2.79. The van der Waals surface area contributed by atoms with E-state index in [0.717, 1.165) is 11.3 Å². The number of amidine groups is 1. The zero-order valence-electron chi connectivity index (χ0n) is 16.5. The van der Waals surface area contributed by atoms with Gasteiger partial charge in [-0.1, -0.05) is 54.1 Å². The highest BCUT2D eigenvalue weighted by molar-refractivity contribution is 8.18. The Balaban J connectivity index is 1.60. The van der Waals surface area contributed by atoms with Crippen LogP contribution in [0.2, 0.25) is 0 Å². The number of nitrogens with zero attached hydrogens (tertiary/aromatic N) is 1. The molecule has 6 nitrogen and oxygen atoms in total. The third kappa shape index (κ3) is 5.04.